The van der Waals surface area contributed by atoms with E-state index in [1.165, 1.54) is 54.9 Å². The van der Waals surface area contributed by atoms with E-state index < -0.39 is 20.3 Å². The molecule has 0 aliphatic heterocycles. The molecule has 0 nitrogen and oxygen atoms in total. The Bertz CT molecular complexity index is 1770. The second kappa shape index (κ2) is 11.1. The maximum absolute atomic E-state index is 8.79. The number of hydrogen-bond acceptors (Lipinski definition) is 0. The first-order valence-corrected chi connectivity index (χ1v) is 35.8. The molecule has 0 unspecified atom stereocenters. The zero-order valence-corrected chi connectivity index (χ0v) is 33.4. The van der Waals surface area contributed by atoms with E-state index in [0.717, 1.165) is 0 Å². The molecule has 6 rings (SSSR count). The van der Waals surface area contributed by atoms with Crippen LogP contribution in [-0.4, -0.2) is 5.49 Å². The van der Waals surface area contributed by atoms with Gasteiger partial charge in [0.15, 0.2) is 0 Å². The molecular weight excluding hydrogens is 758 g/mol. The molecule has 4 heteroatoms. The third kappa shape index (κ3) is 5.13. The zero-order valence-electron chi connectivity index (χ0n) is 27.3. The summed E-state index contributed by atoms with van der Waals surface area (Å²) >= 11 is -5.31. The number of halogens is 2. The number of fused-ring (bicyclic) bond motifs is 3. The second-order valence-electron chi connectivity index (χ2n) is 15.0. The van der Waals surface area contributed by atoms with E-state index >= 15 is 0 Å². The molecule has 4 aromatic carbocycles. The molecule has 0 amide bonds. The molecule has 0 heterocycles. The zero-order chi connectivity index (χ0) is 31.7. The minimum atomic E-state index is -5.31. The summed E-state index contributed by atoms with van der Waals surface area (Å²) in [6.07, 6.45) is 8.96. The summed E-state index contributed by atoms with van der Waals surface area (Å²) in [6, 6.07) is 31.8. The normalized spacial score (nSPS) is 15.5. The average molecular weight is 802 g/mol. The molecule has 0 aromatic heterocycles. The van der Waals surface area contributed by atoms with Crippen LogP contribution in [0.1, 0.15) is 78.6 Å². The number of rotatable bonds is 4. The first kappa shape index (κ1) is 32.0. The quantitative estimate of drug-likeness (QED) is 0.180. The molecule has 44 heavy (non-hydrogen) atoms. The first-order chi connectivity index (χ1) is 20.6. The summed E-state index contributed by atoms with van der Waals surface area (Å²) in [5, 5.41) is 2.61. The number of hydrogen-bond donors (Lipinski definition) is 0. The van der Waals surface area contributed by atoms with Gasteiger partial charge in [0.2, 0.25) is 0 Å². The van der Waals surface area contributed by atoms with Crippen molar-refractivity contribution in [3.05, 3.63) is 143 Å². The molecule has 4 aromatic rings. The van der Waals surface area contributed by atoms with Crippen LogP contribution in [0.2, 0.25) is 3.67 Å². The predicted octanol–water partition coefficient (Wildman–Crippen LogP) is 10.7. The molecule has 0 radical (unpaired) electrons. The Labute approximate surface area is 273 Å². The van der Waals surface area contributed by atoms with Crippen molar-refractivity contribution in [3.63, 3.8) is 0 Å². The standard InChI is InChI=1S/C23H29.C12H10Si.C5H5.2ClH.Hf/c1-14-9-16-11-17-10-15(2)21(23(6,7)8)13-19(17)18(16)12-20(14)22(3,4)5;1-3-7-11(8-4-1)13-12-9-5-2-6-10-12;1-2-4-5-3-1;;;/h9-13H,1-8H3;1-10H;1-5H;2*1H;/q;;;;;+2/p-2. The second-order valence-corrected chi connectivity index (χ2v) is 64.0. The van der Waals surface area contributed by atoms with Gasteiger partial charge < -0.3 is 0 Å². The molecule has 0 N–H and O–H groups in total. The van der Waals surface area contributed by atoms with Gasteiger partial charge in [0.05, 0.1) is 0 Å². The number of aryl methyl sites for hydroxylation is 2. The molecular formula is C40H44Cl2HfSi. The van der Waals surface area contributed by atoms with E-state index in [1.807, 2.05) is 0 Å². The third-order valence-electron chi connectivity index (χ3n) is 9.81. The van der Waals surface area contributed by atoms with Gasteiger partial charge in [-0.2, -0.15) is 0 Å². The number of allylic oxidation sites excluding steroid dienone is 4. The van der Waals surface area contributed by atoms with Gasteiger partial charge >= 0.3 is 275 Å². The van der Waals surface area contributed by atoms with E-state index in [0.29, 0.717) is 0 Å². The van der Waals surface area contributed by atoms with Crippen LogP contribution in [0.3, 0.4) is 0 Å². The van der Waals surface area contributed by atoms with Crippen LogP contribution in [0.5, 0.6) is 0 Å². The Kier molecular flexibility index (Phi) is 8.05. The van der Waals surface area contributed by atoms with Gasteiger partial charge in [-0.3, -0.25) is 0 Å². The fourth-order valence-corrected chi connectivity index (χ4v) is 64.9. The Morgan fingerprint density at radius 2 is 0.977 bits per heavy atom. The van der Waals surface area contributed by atoms with E-state index in [1.54, 1.807) is 0 Å². The average Bonchev–Trinajstić information content (AvgIpc) is 3.60. The Balaban J connectivity index is 1.85. The van der Waals surface area contributed by atoms with Crippen molar-refractivity contribution < 1.29 is 14.8 Å². The van der Waals surface area contributed by atoms with Crippen LogP contribution >= 0.6 is 17.2 Å². The summed E-state index contributed by atoms with van der Waals surface area (Å²) in [4.78, 5) is 0. The van der Waals surface area contributed by atoms with Crippen molar-refractivity contribution in [1.82, 2.24) is 0 Å². The predicted molar refractivity (Wildman–Crippen MR) is 192 cm³/mol. The van der Waals surface area contributed by atoms with Crippen molar-refractivity contribution in [1.29, 1.82) is 0 Å². The minimum absolute atomic E-state index is 0.0234. The van der Waals surface area contributed by atoms with Crippen molar-refractivity contribution in [3.8, 4) is 11.1 Å². The molecule has 0 fully saturated rings. The van der Waals surface area contributed by atoms with Crippen LogP contribution in [0.4, 0.5) is 0 Å². The Hall–Kier alpha value is -1.97. The van der Waals surface area contributed by atoms with Crippen LogP contribution in [-0.2, 0) is 25.6 Å². The van der Waals surface area contributed by atoms with Gasteiger partial charge in [-0.05, 0) is 0 Å². The summed E-state index contributed by atoms with van der Waals surface area (Å²) in [5.74, 6) is 0. The van der Waals surface area contributed by atoms with E-state index in [4.69, 9.17) is 17.2 Å². The molecule has 0 saturated carbocycles. The SMILES string of the molecule is Cc1cc2c(cc1C(C)(C)C)-c1cc(C(C)(C)C)c(C)cc1[CH]2[Hf]([Cl])([Cl])([CH]1C=CC=C1)=[Si](c1ccccc1)c1ccccc1. The van der Waals surface area contributed by atoms with Gasteiger partial charge in [0, 0.05) is 0 Å². The summed E-state index contributed by atoms with van der Waals surface area (Å²) in [6.45, 7) is 18.5. The molecule has 2 aliphatic carbocycles. The fourth-order valence-electron chi connectivity index (χ4n) is 7.97. The van der Waals surface area contributed by atoms with Gasteiger partial charge in [-0.1, -0.05) is 0 Å². The van der Waals surface area contributed by atoms with E-state index in [2.05, 4.69) is 165 Å². The van der Waals surface area contributed by atoms with Crippen molar-refractivity contribution in [2.24, 2.45) is 0 Å². The van der Waals surface area contributed by atoms with Crippen LogP contribution < -0.4 is 10.4 Å². The Morgan fingerprint density at radius 1 is 0.591 bits per heavy atom. The third-order valence-corrected chi connectivity index (χ3v) is 63.0. The first-order valence-electron chi connectivity index (χ1n) is 15.8. The van der Waals surface area contributed by atoms with Crippen molar-refractivity contribution in [2.75, 3.05) is 0 Å². The topological polar surface area (TPSA) is 0 Å². The van der Waals surface area contributed by atoms with Gasteiger partial charge in [0.1, 0.15) is 0 Å². The van der Waals surface area contributed by atoms with E-state index in [-0.39, 0.29) is 18.2 Å². The maximum atomic E-state index is 8.79. The summed E-state index contributed by atoms with van der Waals surface area (Å²) in [7, 11) is 17.6. The fraction of sp³-hybridized carbons (Fsp3) is 0.300. The van der Waals surface area contributed by atoms with Gasteiger partial charge in [-0.25, -0.2) is 0 Å². The van der Waals surface area contributed by atoms with Crippen molar-refractivity contribution >= 4 is 33.0 Å². The monoisotopic (exact) mass is 802 g/mol. The van der Waals surface area contributed by atoms with Crippen LogP contribution in [0.15, 0.2) is 109 Å². The molecule has 0 spiro atoms. The van der Waals surface area contributed by atoms with Crippen LogP contribution in [0, 0.1) is 13.8 Å². The molecule has 0 bridgehead atoms. The number of benzene rings is 4. The van der Waals surface area contributed by atoms with Gasteiger partial charge in [-0.15, -0.1) is 0 Å². The molecule has 0 atom stereocenters. The van der Waals surface area contributed by atoms with E-state index in [9.17, 15) is 0 Å². The van der Waals surface area contributed by atoms with Crippen LogP contribution in [0.25, 0.3) is 11.1 Å². The van der Waals surface area contributed by atoms with Gasteiger partial charge in [0.25, 0.3) is 0 Å². The molecule has 2 aliphatic rings. The molecule has 226 valence electrons. The Morgan fingerprint density at radius 3 is 1.34 bits per heavy atom. The van der Waals surface area contributed by atoms with Crippen molar-refractivity contribution in [2.45, 2.75) is 73.6 Å². The molecule has 0 saturated heterocycles. The summed E-state index contributed by atoms with van der Waals surface area (Å²) in [5.41, 5.74) is 9.13. The summed E-state index contributed by atoms with van der Waals surface area (Å²) < 4.78 is -0.00824.